The molecule has 7 aromatic rings. The van der Waals surface area contributed by atoms with Gasteiger partial charge in [0.2, 0.25) is 0 Å². The van der Waals surface area contributed by atoms with Gasteiger partial charge >= 0.3 is 0 Å². The Morgan fingerprint density at radius 1 is 0.581 bits per heavy atom. The molecule has 0 N–H and O–H groups in total. The van der Waals surface area contributed by atoms with Gasteiger partial charge in [0.25, 0.3) is 0 Å². The Bertz CT molecular complexity index is 2460. The molecule has 0 fully saturated rings. The van der Waals surface area contributed by atoms with Crippen molar-refractivity contribution >= 4 is 55.3 Å². The molecule has 1 aliphatic carbocycles. The first kappa shape index (κ1) is 23.6. The molecule has 2 aromatic heterocycles. The maximum Gasteiger partial charge on any atom is 0.136 e. The van der Waals surface area contributed by atoms with E-state index in [1.54, 1.807) is 6.07 Å². The van der Waals surface area contributed by atoms with Crippen LogP contribution in [0.3, 0.4) is 0 Å². The number of benzene rings is 5. The Hall–Kier alpha value is -6.04. The van der Waals surface area contributed by atoms with Crippen LogP contribution in [0.15, 0.2) is 124 Å². The number of para-hydroxylation sites is 1. The van der Waals surface area contributed by atoms with Gasteiger partial charge < -0.3 is 13.7 Å². The quantitative estimate of drug-likeness (QED) is 0.214. The first-order valence-corrected chi connectivity index (χ1v) is 14.2. The van der Waals surface area contributed by atoms with Crippen molar-refractivity contribution < 1.29 is 8.83 Å². The molecule has 0 spiro atoms. The van der Waals surface area contributed by atoms with E-state index in [-0.39, 0.29) is 12.0 Å². The number of fused-ring (bicyclic) bond motifs is 9. The summed E-state index contributed by atoms with van der Waals surface area (Å²) < 4.78 is 12.5. The van der Waals surface area contributed by atoms with Crippen LogP contribution in [0.4, 0.5) is 11.4 Å². The van der Waals surface area contributed by atoms with Crippen molar-refractivity contribution in [3.8, 4) is 23.3 Å². The molecule has 2 aliphatic rings. The molecule has 2 atom stereocenters. The molecule has 0 radical (unpaired) electrons. The molecule has 9 rings (SSSR count). The summed E-state index contributed by atoms with van der Waals surface area (Å²) in [7, 11) is 0. The molecule has 3 heterocycles. The zero-order valence-electron chi connectivity index (χ0n) is 22.8. The summed E-state index contributed by atoms with van der Waals surface area (Å²) in [5, 5.41) is 23.0. The lowest BCUT2D eigenvalue weighted by Crippen LogP contribution is -2.29. The third-order valence-corrected chi connectivity index (χ3v) is 8.85. The standard InChI is InChI=1S/C38H21N3O2/c39-20-22-9-12-34(41-32-7-3-1-5-25(32)26-6-2-4-8-33(26)41)27(15-22)24-11-14-36-29(17-24)31-19-37-30(18-38(31)43-36)28-16-23(21-40)10-13-35(28)42-37/h1-19,25,32H. The fourth-order valence-electron chi connectivity index (χ4n) is 6.90. The lowest BCUT2D eigenvalue weighted by Gasteiger charge is -2.30. The number of furan rings is 2. The number of nitrogens with zero attached hydrogens (tertiary/aromatic N) is 3. The Morgan fingerprint density at radius 3 is 2.02 bits per heavy atom. The summed E-state index contributed by atoms with van der Waals surface area (Å²) in [6.07, 6.45) is 8.78. The first-order valence-electron chi connectivity index (χ1n) is 14.2. The van der Waals surface area contributed by atoms with Crippen molar-refractivity contribution in [3.63, 3.8) is 0 Å². The molecule has 5 heteroatoms. The van der Waals surface area contributed by atoms with Crippen LogP contribution in [-0.2, 0) is 0 Å². The number of nitriles is 2. The summed E-state index contributed by atoms with van der Waals surface area (Å²) in [4.78, 5) is 2.40. The van der Waals surface area contributed by atoms with Crippen molar-refractivity contribution in [2.75, 3.05) is 4.90 Å². The van der Waals surface area contributed by atoms with Crippen LogP contribution < -0.4 is 4.90 Å². The maximum atomic E-state index is 9.86. The highest BCUT2D eigenvalue weighted by atomic mass is 16.3. The largest absolute Gasteiger partial charge is 0.456 e. The molecule has 0 amide bonds. The van der Waals surface area contributed by atoms with E-state index in [4.69, 9.17) is 8.83 Å². The molecule has 200 valence electrons. The third-order valence-electron chi connectivity index (χ3n) is 8.85. The van der Waals surface area contributed by atoms with E-state index >= 15 is 0 Å². The molecule has 5 nitrogen and oxygen atoms in total. The van der Waals surface area contributed by atoms with Gasteiger partial charge in [-0.3, -0.25) is 0 Å². The van der Waals surface area contributed by atoms with Crippen LogP contribution in [0.5, 0.6) is 0 Å². The van der Waals surface area contributed by atoms with Gasteiger partial charge in [-0.15, -0.1) is 0 Å². The predicted octanol–water partition coefficient (Wildman–Crippen LogP) is 9.63. The number of allylic oxidation sites excluding steroid dienone is 2. The Morgan fingerprint density at radius 2 is 1.23 bits per heavy atom. The van der Waals surface area contributed by atoms with E-state index in [9.17, 15) is 10.5 Å². The SMILES string of the molecule is N#Cc1ccc(N2c3ccccc3C3C=CC=CC32)c(-c2ccc3oc4cc5c(cc4c3c2)oc2ccc(C#N)cc25)c1. The normalized spacial score (nSPS) is 17.0. The lowest BCUT2D eigenvalue weighted by atomic mass is 9.91. The van der Waals surface area contributed by atoms with Gasteiger partial charge in [0.1, 0.15) is 22.3 Å². The molecule has 1 aliphatic heterocycles. The zero-order valence-corrected chi connectivity index (χ0v) is 22.8. The van der Waals surface area contributed by atoms with Gasteiger partial charge in [-0.05, 0) is 77.9 Å². The van der Waals surface area contributed by atoms with Crippen molar-refractivity contribution in [1.29, 1.82) is 10.5 Å². The molecule has 2 unspecified atom stereocenters. The molecule has 0 saturated carbocycles. The average Bonchev–Trinajstić information content (AvgIpc) is 3.71. The van der Waals surface area contributed by atoms with Crippen LogP contribution in [0.25, 0.3) is 55.0 Å². The molecule has 5 aromatic carbocycles. The summed E-state index contributed by atoms with van der Waals surface area (Å²) in [5.41, 5.74) is 9.74. The van der Waals surface area contributed by atoms with Crippen molar-refractivity contribution in [3.05, 3.63) is 132 Å². The second-order valence-electron chi connectivity index (χ2n) is 11.1. The lowest BCUT2D eigenvalue weighted by molar-refractivity contribution is 0.664. The van der Waals surface area contributed by atoms with E-state index < -0.39 is 0 Å². The van der Waals surface area contributed by atoms with Gasteiger partial charge in [-0.25, -0.2) is 0 Å². The van der Waals surface area contributed by atoms with E-state index in [0.29, 0.717) is 11.1 Å². The Labute approximate surface area is 246 Å². The molecular formula is C38H21N3O2. The fourth-order valence-corrected chi connectivity index (χ4v) is 6.90. The average molecular weight is 552 g/mol. The monoisotopic (exact) mass is 551 g/mol. The molecule has 0 saturated heterocycles. The second kappa shape index (κ2) is 8.73. The summed E-state index contributed by atoms with van der Waals surface area (Å²) >= 11 is 0. The number of anilines is 2. The van der Waals surface area contributed by atoms with E-state index in [1.165, 1.54) is 11.3 Å². The number of rotatable bonds is 2. The molecule has 0 bridgehead atoms. The highest BCUT2D eigenvalue weighted by molar-refractivity contribution is 6.15. The van der Waals surface area contributed by atoms with Gasteiger partial charge in [0.05, 0.1) is 29.3 Å². The number of hydrogen-bond acceptors (Lipinski definition) is 5. The van der Waals surface area contributed by atoms with Gasteiger partial charge in [-0.1, -0.05) is 48.6 Å². The zero-order chi connectivity index (χ0) is 28.7. The first-order chi connectivity index (χ1) is 21.2. The number of hydrogen-bond donors (Lipinski definition) is 0. The predicted molar refractivity (Wildman–Crippen MR) is 169 cm³/mol. The Balaban J connectivity index is 1.25. The minimum Gasteiger partial charge on any atom is -0.456 e. The second-order valence-corrected chi connectivity index (χ2v) is 11.1. The highest BCUT2D eigenvalue weighted by Gasteiger charge is 2.38. The molecular weight excluding hydrogens is 530 g/mol. The van der Waals surface area contributed by atoms with Crippen molar-refractivity contribution in [2.24, 2.45) is 0 Å². The molecule has 43 heavy (non-hydrogen) atoms. The Kier molecular flexibility index (Phi) is 4.80. The third kappa shape index (κ3) is 3.37. The highest BCUT2D eigenvalue weighted by Crippen LogP contribution is 2.50. The van der Waals surface area contributed by atoms with Crippen molar-refractivity contribution in [1.82, 2.24) is 0 Å². The maximum absolute atomic E-state index is 9.86. The summed E-state index contributed by atoms with van der Waals surface area (Å²) in [6.45, 7) is 0. The van der Waals surface area contributed by atoms with Crippen molar-refractivity contribution in [2.45, 2.75) is 12.0 Å². The van der Waals surface area contributed by atoms with Gasteiger partial charge in [-0.2, -0.15) is 10.5 Å². The summed E-state index contributed by atoms with van der Waals surface area (Å²) in [6, 6.07) is 35.0. The smallest absolute Gasteiger partial charge is 0.136 e. The van der Waals surface area contributed by atoms with Crippen LogP contribution in [-0.4, -0.2) is 6.04 Å². The van der Waals surface area contributed by atoms with E-state index in [2.05, 4.69) is 83.8 Å². The van der Waals surface area contributed by atoms with E-state index in [0.717, 1.165) is 60.7 Å². The van der Waals surface area contributed by atoms with Gasteiger partial charge in [0, 0.05) is 44.4 Å². The minimum absolute atomic E-state index is 0.149. The topological polar surface area (TPSA) is 77.1 Å². The van der Waals surface area contributed by atoms with Crippen LogP contribution in [0.1, 0.15) is 22.6 Å². The van der Waals surface area contributed by atoms with Crippen LogP contribution in [0, 0.1) is 22.7 Å². The van der Waals surface area contributed by atoms with Crippen LogP contribution in [0.2, 0.25) is 0 Å². The van der Waals surface area contributed by atoms with Gasteiger partial charge in [0.15, 0.2) is 0 Å². The van der Waals surface area contributed by atoms with Crippen LogP contribution >= 0.6 is 0 Å². The minimum atomic E-state index is 0.149. The summed E-state index contributed by atoms with van der Waals surface area (Å²) in [5.74, 6) is 0.264. The fraction of sp³-hybridized carbons (Fsp3) is 0.0526. The van der Waals surface area contributed by atoms with E-state index in [1.807, 2.05) is 42.5 Å².